The van der Waals surface area contributed by atoms with Gasteiger partial charge in [0.1, 0.15) is 5.15 Å². The zero-order valence-corrected chi connectivity index (χ0v) is 17.1. The Morgan fingerprint density at radius 2 is 1.77 bits per heavy atom. The lowest BCUT2D eigenvalue weighted by Crippen LogP contribution is -2.19. The second-order valence-corrected chi connectivity index (χ2v) is 7.10. The maximum absolute atomic E-state index is 12.7. The Labute approximate surface area is 179 Å². The molecule has 0 aliphatic carbocycles. The molecule has 2 aromatic heterocycles. The van der Waals surface area contributed by atoms with Gasteiger partial charge in [-0.3, -0.25) is 4.79 Å². The molecule has 0 spiro atoms. The van der Waals surface area contributed by atoms with Gasteiger partial charge in [-0.25, -0.2) is 10.1 Å². The van der Waals surface area contributed by atoms with Crippen molar-refractivity contribution in [3.05, 3.63) is 107 Å². The van der Waals surface area contributed by atoms with E-state index in [9.17, 15) is 4.79 Å². The van der Waals surface area contributed by atoms with E-state index in [1.807, 2.05) is 84.5 Å². The number of halogens is 1. The largest absolute Gasteiger partial charge is 0.323 e. The fourth-order valence-corrected chi connectivity index (χ4v) is 3.46. The van der Waals surface area contributed by atoms with Crippen molar-refractivity contribution >= 4 is 23.7 Å². The van der Waals surface area contributed by atoms with Crippen LogP contribution in [0.25, 0.3) is 5.69 Å². The third-order valence-electron chi connectivity index (χ3n) is 4.68. The number of hydrogen-bond donors (Lipinski definition) is 1. The Balaban J connectivity index is 1.50. The normalized spacial score (nSPS) is 11.1. The molecule has 7 heteroatoms. The summed E-state index contributed by atoms with van der Waals surface area (Å²) in [5, 5.41) is 9.07. The quantitative estimate of drug-likeness (QED) is 0.372. The number of aryl methyl sites for hydroxylation is 1. The van der Waals surface area contributed by atoms with E-state index in [2.05, 4.69) is 15.6 Å². The zero-order chi connectivity index (χ0) is 20.9. The van der Waals surface area contributed by atoms with Crippen LogP contribution in [0, 0.1) is 6.92 Å². The number of para-hydroxylation sites is 1. The molecular weight excluding hydrogens is 398 g/mol. The molecule has 6 nitrogen and oxygen atoms in total. The highest BCUT2D eigenvalue weighted by Gasteiger charge is 2.13. The Bertz CT molecular complexity index is 1180. The summed E-state index contributed by atoms with van der Waals surface area (Å²) in [6.45, 7) is 2.42. The Morgan fingerprint density at radius 3 is 2.53 bits per heavy atom. The van der Waals surface area contributed by atoms with Crippen molar-refractivity contribution in [1.82, 2.24) is 19.8 Å². The average Bonchev–Trinajstić information content (AvgIpc) is 3.39. The molecule has 2 heterocycles. The number of benzene rings is 2. The average molecular weight is 418 g/mol. The summed E-state index contributed by atoms with van der Waals surface area (Å²) in [6.07, 6.45) is 5.31. The summed E-state index contributed by atoms with van der Waals surface area (Å²) in [4.78, 5) is 12.7. The van der Waals surface area contributed by atoms with Crippen LogP contribution in [-0.2, 0) is 6.54 Å². The van der Waals surface area contributed by atoms with Crippen LogP contribution < -0.4 is 5.43 Å². The topological polar surface area (TPSA) is 64.2 Å². The SMILES string of the molecule is Cc1nn(Cc2ccccc2)c(Cl)c1/C=N\NC(=O)c1ccccc1-n1cccc1. The number of carbonyl (C=O) groups excluding carboxylic acids is 1. The van der Waals surface area contributed by atoms with E-state index in [1.165, 1.54) is 6.21 Å². The summed E-state index contributed by atoms with van der Waals surface area (Å²) >= 11 is 6.50. The second-order valence-electron chi connectivity index (χ2n) is 6.74. The maximum atomic E-state index is 12.7. The predicted octanol–water partition coefficient (Wildman–Crippen LogP) is 4.45. The number of nitrogens with zero attached hydrogens (tertiary/aromatic N) is 4. The van der Waals surface area contributed by atoms with Crippen molar-refractivity contribution in [2.45, 2.75) is 13.5 Å². The predicted molar refractivity (Wildman–Crippen MR) is 118 cm³/mol. The number of nitrogens with one attached hydrogen (secondary N) is 1. The van der Waals surface area contributed by atoms with E-state index in [-0.39, 0.29) is 5.91 Å². The molecule has 0 saturated heterocycles. The van der Waals surface area contributed by atoms with E-state index < -0.39 is 0 Å². The van der Waals surface area contributed by atoms with Crippen LogP contribution in [0.1, 0.15) is 27.2 Å². The molecule has 0 bridgehead atoms. The Hall–Kier alpha value is -3.64. The van der Waals surface area contributed by atoms with E-state index in [0.717, 1.165) is 16.9 Å². The first-order chi connectivity index (χ1) is 14.6. The monoisotopic (exact) mass is 417 g/mol. The molecule has 0 atom stereocenters. The van der Waals surface area contributed by atoms with Crippen molar-refractivity contribution in [2.24, 2.45) is 5.10 Å². The van der Waals surface area contributed by atoms with Crippen molar-refractivity contribution < 1.29 is 4.79 Å². The van der Waals surface area contributed by atoms with Crippen LogP contribution in [0.15, 0.2) is 84.2 Å². The smallest absolute Gasteiger partial charge is 0.273 e. The Kier molecular flexibility index (Phi) is 5.77. The highest BCUT2D eigenvalue weighted by Crippen LogP contribution is 2.19. The standard InChI is InChI=1S/C23H20ClN5O/c1-17-20(22(24)29(27-17)16-18-9-3-2-4-10-18)15-25-26-23(30)19-11-5-6-12-21(19)28-13-7-8-14-28/h2-15H,16H2,1H3,(H,26,30)/b25-15-. The molecule has 2 aromatic carbocycles. The minimum absolute atomic E-state index is 0.305. The number of hydrazone groups is 1. The molecule has 0 saturated carbocycles. The van der Waals surface area contributed by atoms with Gasteiger partial charge in [0.25, 0.3) is 5.91 Å². The van der Waals surface area contributed by atoms with Gasteiger partial charge in [0.05, 0.1) is 35.3 Å². The highest BCUT2D eigenvalue weighted by atomic mass is 35.5. The lowest BCUT2D eigenvalue weighted by atomic mass is 10.1. The molecule has 4 rings (SSSR count). The molecule has 150 valence electrons. The maximum Gasteiger partial charge on any atom is 0.273 e. The van der Waals surface area contributed by atoms with Crippen LogP contribution in [0.3, 0.4) is 0 Å². The summed E-state index contributed by atoms with van der Waals surface area (Å²) in [5.41, 5.74) is 6.39. The number of rotatable bonds is 6. The van der Waals surface area contributed by atoms with Crippen molar-refractivity contribution in [2.75, 3.05) is 0 Å². The fraction of sp³-hybridized carbons (Fsp3) is 0.0870. The number of carbonyl (C=O) groups is 1. The molecule has 0 fully saturated rings. The lowest BCUT2D eigenvalue weighted by Gasteiger charge is -2.09. The highest BCUT2D eigenvalue weighted by molar-refractivity contribution is 6.32. The van der Waals surface area contributed by atoms with Gasteiger partial charge in [-0.05, 0) is 36.8 Å². The zero-order valence-electron chi connectivity index (χ0n) is 16.4. The van der Waals surface area contributed by atoms with Gasteiger partial charge in [-0.15, -0.1) is 0 Å². The molecule has 0 unspecified atom stereocenters. The molecule has 4 aromatic rings. The number of hydrogen-bond acceptors (Lipinski definition) is 3. The van der Waals surface area contributed by atoms with E-state index in [1.54, 1.807) is 10.7 Å². The third-order valence-corrected chi connectivity index (χ3v) is 5.07. The van der Waals surface area contributed by atoms with Crippen molar-refractivity contribution in [3.63, 3.8) is 0 Å². The summed E-state index contributed by atoms with van der Waals surface area (Å²) in [7, 11) is 0. The summed E-state index contributed by atoms with van der Waals surface area (Å²) in [5.74, 6) is -0.305. The number of aromatic nitrogens is 3. The van der Waals surface area contributed by atoms with Crippen LogP contribution >= 0.6 is 11.6 Å². The molecule has 0 aliphatic heterocycles. The molecular formula is C23H20ClN5O. The first-order valence-corrected chi connectivity index (χ1v) is 9.84. The minimum atomic E-state index is -0.305. The van der Waals surface area contributed by atoms with Gasteiger partial charge >= 0.3 is 0 Å². The van der Waals surface area contributed by atoms with E-state index >= 15 is 0 Å². The number of amides is 1. The summed E-state index contributed by atoms with van der Waals surface area (Å²) in [6, 6.07) is 21.1. The lowest BCUT2D eigenvalue weighted by molar-refractivity contribution is 0.0955. The van der Waals surface area contributed by atoms with Gasteiger partial charge in [0.2, 0.25) is 0 Å². The second kappa shape index (κ2) is 8.80. The molecule has 0 radical (unpaired) electrons. The molecule has 1 amide bonds. The third kappa shape index (κ3) is 4.18. The van der Waals surface area contributed by atoms with Crippen molar-refractivity contribution in [1.29, 1.82) is 0 Å². The van der Waals surface area contributed by atoms with Crippen LogP contribution in [-0.4, -0.2) is 26.5 Å². The molecule has 1 N–H and O–H groups in total. The van der Waals surface area contributed by atoms with Gasteiger partial charge in [0.15, 0.2) is 0 Å². The van der Waals surface area contributed by atoms with Gasteiger partial charge < -0.3 is 4.57 Å². The first kappa shape index (κ1) is 19.7. The van der Waals surface area contributed by atoms with Gasteiger partial charge in [-0.1, -0.05) is 54.1 Å². The van der Waals surface area contributed by atoms with E-state index in [0.29, 0.717) is 22.8 Å². The molecule has 0 aliphatic rings. The van der Waals surface area contributed by atoms with Crippen LogP contribution in [0.4, 0.5) is 0 Å². The van der Waals surface area contributed by atoms with Gasteiger partial charge in [-0.2, -0.15) is 10.2 Å². The van der Waals surface area contributed by atoms with Crippen LogP contribution in [0.5, 0.6) is 0 Å². The Morgan fingerprint density at radius 1 is 1.07 bits per heavy atom. The minimum Gasteiger partial charge on any atom is -0.323 e. The molecule has 30 heavy (non-hydrogen) atoms. The summed E-state index contributed by atoms with van der Waals surface area (Å²) < 4.78 is 3.60. The van der Waals surface area contributed by atoms with E-state index in [4.69, 9.17) is 11.6 Å². The fourth-order valence-electron chi connectivity index (χ4n) is 3.18. The van der Waals surface area contributed by atoms with Gasteiger partial charge in [0, 0.05) is 12.4 Å². The van der Waals surface area contributed by atoms with Crippen molar-refractivity contribution in [3.8, 4) is 5.69 Å². The first-order valence-electron chi connectivity index (χ1n) is 9.46. The van der Waals surface area contributed by atoms with Crippen LogP contribution in [0.2, 0.25) is 5.15 Å².